The van der Waals surface area contributed by atoms with Crippen LogP contribution in [0.2, 0.25) is 0 Å². The third-order valence-corrected chi connectivity index (χ3v) is 3.30. The van der Waals surface area contributed by atoms with Gasteiger partial charge in [-0.25, -0.2) is 0 Å². The van der Waals surface area contributed by atoms with Gasteiger partial charge in [0.05, 0.1) is 6.61 Å². The molecule has 0 aliphatic carbocycles. The third-order valence-electron chi connectivity index (χ3n) is 3.30. The Bertz CT molecular complexity index is 375. The Morgan fingerprint density at radius 2 is 1.50 bits per heavy atom. The van der Waals surface area contributed by atoms with Crippen molar-refractivity contribution in [1.29, 1.82) is 0 Å². The largest absolute Gasteiger partial charge is 0.494 e. The predicted molar refractivity (Wildman–Crippen MR) is 88.1 cm³/mol. The Morgan fingerprint density at radius 3 is 2.00 bits per heavy atom. The first kappa shape index (κ1) is 20.2. The normalized spacial score (nSPS) is 9.73. The Hall–Kier alpha value is -1.78. The lowest BCUT2D eigenvalue weighted by Gasteiger charge is -2.05. The number of rotatable bonds is 10. The molecular weight excluding hydrogens is 282 g/mol. The van der Waals surface area contributed by atoms with Crippen molar-refractivity contribution in [3.8, 4) is 5.75 Å². The van der Waals surface area contributed by atoms with Crippen LogP contribution >= 0.6 is 0 Å². The van der Waals surface area contributed by atoms with Gasteiger partial charge >= 0.3 is 0 Å². The molecule has 0 heterocycles. The molecule has 5 nitrogen and oxygen atoms in total. The minimum Gasteiger partial charge on any atom is -0.494 e. The standard InChI is InChI=1S/C17H28O.HNO3/c1-3-5-6-7-8-9-10-11-16-12-14-17(15-13-16)18-4-2;2-1(3)4/h12-15H,3-11H2,1-2H3;(H,2,3,4). The molecule has 0 aliphatic heterocycles. The molecule has 1 aromatic carbocycles. The van der Waals surface area contributed by atoms with E-state index >= 15 is 0 Å². The van der Waals surface area contributed by atoms with Crippen LogP contribution < -0.4 is 4.74 Å². The van der Waals surface area contributed by atoms with Crippen LogP contribution in [0.15, 0.2) is 24.3 Å². The smallest absolute Gasteiger partial charge is 0.291 e. The van der Waals surface area contributed by atoms with Gasteiger partial charge in [0.15, 0.2) is 0 Å². The van der Waals surface area contributed by atoms with Crippen molar-refractivity contribution < 1.29 is 15.0 Å². The summed E-state index contributed by atoms with van der Waals surface area (Å²) in [4.78, 5) is 8.36. The summed E-state index contributed by atoms with van der Waals surface area (Å²) >= 11 is 0. The first-order valence-electron chi connectivity index (χ1n) is 8.15. The molecule has 126 valence electrons. The second-order valence-electron chi connectivity index (χ2n) is 5.19. The van der Waals surface area contributed by atoms with Crippen molar-refractivity contribution in [2.24, 2.45) is 0 Å². The van der Waals surface area contributed by atoms with Crippen molar-refractivity contribution in [2.45, 2.75) is 65.2 Å². The van der Waals surface area contributed by atoms with Crippen LogP contribution in [-0.2, 0) is 6.42 Å². The zero-order valence-corrected chi connectivity index (χ0v) is 13.8. The van der Waals surface area contributed by atoms with Crippen molar-refractivity contribution >= 4 is 0 Å². The predicted octanol–water partition coefficient (Wildman–Crippen LogP) is 5.03. The molecule has 0 unspecified atom stereocenters. The Balaban J connectivity index is 0.000000980. The molecule has 22 heavy (non-hydrogen) atoms. The topological polar surface area (TPSA) is 72.6 Å². The Kier molecular flexibility index (Phi) is 13.0. The van der Waals surface area contributed by atoms with Gasteiger partial charge in [-0.05, 0) is 37.5 Å². The lowest BCUT2D eigenvalue weighted by Crippen LogP contribution is -1.92. The highest BCUT2D eigenvalue weighted by Gasteiger charge is 1.96. The summed E-state index contributed by atoms with van der Waals surface area (Å²) in [5.41, 5.74) is 1.44. The highest BCUT2D eigenvalue weighted by molar-refractivity contribution is 5.27. The van der Waals surface area contributed by atoms with Gasteiger partial charge in [0, 0.05) is 0 Å². The summed E-state index contributed by atoms with van der Waals surface area (Å²) in [6, 6.07) is 8.56. The summed E-state index contributed by atoms with van der Waals surface area (Å²) in [6.45, 7) is 5.04. The van der Waals surface area contributed by atoms with Gasteiger partial charge in [0.2, 0.25) is 0 Å². The lowest BCUT2D eigenvalue weighted by molar-refractivity contribution is -0.742. The average Bonchev–Trinajstić information content (AvgIpc) is 2.48. The molecule has 0 aliphatic rings. The van der Waals surface area contributed by atoms with E-state index in [2.05, 4.69) is 31.2 Å². The molecule has 0 bridgehead atoms. The molecule has 0 aromatic heterocycles. The number of ether oxygens (including phenoxy) is 1. The zero-order valence-electron chi connectivity index (χ0n) is 13.8. The van der Waals surface area contributed by atoms with Crippen molar-refractivity contribution in [3.05, 3.63) is 39.9 Å². The van der Waals surface area contributed by atoms with Crippen LogP contribution in [0.1, 0.15) is 64.4 Å². The molecule has 0 amide bonds. The van der Waals surface area contributed by atoms with Crippen LogP contribution in [-0.4, -0.2) is 16.9 Å². The maximum Gasteiger partial charge on any atom is 0.291 e. The maximum absolute atomic E-state index is 8.36. The van der Waals surface area contributed by atoms with Gasteiger partial charge in [-0.15, -0.1) is 10.1 Å². The average molecular weight is 311 g/mol. The number of hydrogen-bond donors (Lipinski definition) is 1. The first-order chi connectivity index (χ1) is 10.6. The van der Waals surface area contributed by atoms with E-state index in [0.29, 0.717) is 0 Å². The summed E-state index contributed by atoms with van der Waals surface area (Å²) in [6.07, 6.45) is 10.9. The summed E-state index contributed by atoms with van der Waals surface area (Å²) in [7, 11) is 0. The quantitative estimate of drug-likeness (QED) is 0.373. The minimum absolute atomic E-state index is 0.747. The molecule has 0 saturated carbocycles. The summed E-state index contributed by atoms with van der Waals surface area (Å²) in [5.74, 6) is 0.987. The number of benzene rings is 1. The number of hydrogen-bond acceptors (Lipinski definition) is 3. The van der Waals surface area contributed by atoms with Crippen molar-refractivity contribution in [3.63, 3.8) is 0 Å². The van der Waals surface area contributed by atoms with E-state index in [1.807, 2.05) is 6.92 Å². The van der Waals surface area contributed by atoms with Crippen LogP contribution in [0.5, 0.6) is 5.75 Å². The van der Waals surface area contributed by atoms with E-state index in [4.69, 9.17) is 20.1 Å². The van der Waals surface area contributed by atoms with E-state index < -0.39 is 5.09 Å². The Labute approximate surface area is 133 Å². The maximum atomic E-state index is 8.36. The zero-order chi connectivity index (χ0) is 16.6. The molecule has 0 atom stereocenters. The molecule has 1 aromatic rings. The highest BCUT2D eigenvalue weighted by Crippen LogP contribution is 2.15. The lowest BCUT2D eigenvalue weighted by atomic mass is 10.0. The molecular formula is C17H29NO4. The first-order valence-corrected chi connectivity index (χ1v) is 8.15. The molecule has 0 fully saturated rings. The van der Waals surface area contributed by atoms with E-state index in [9.17, 15) is 0 Å². The van der Waals surface area contributed by atoms with Crippen LogP contribution in [0.25, 0.3) is 0 Å². The van der Waals surface area contributed by atoms with Gasteiger partial charge in [-0.1, -0.05) is 57.6 Å². The van der Waals surface area contributed by atoms with Crippen LogP contribution in [0, 0.1) is 10.1 Å². The van der Waals surface area contributed by atoms with Crippen LogP contribution in [0.3, 0.4) is 0 Å². The fourth-order valence-corrected chi connectivity index (χ4v) is 2.21. The van der Waals surface area contributed by atoms with E-state index in [1.165, 1.54) is 56.9 Å². The molecule has 0 spiro atoms. The molecule has 1 N–H and O–H groups in total. The minimum atomic E-state index is -1.50. The van der Waals surface area contributed by atoms with E-state index in [-0.39, 0.29) is 0 Å². The molecule has 0 radical (unpaired) electrons. The number of unbranched alkanes of at least 4 members (excludes halogenated alkanes) is 6. The highest BCUT2D eigenvalue weighted by atomic mass is 16.9. The van der Waals surface area contributed by atoms with Crippen molar-refractivity contribution in [1.82, 2.24) is 0 Å². The fourth-order valence-electron chi connectivity index (χ4n) is 2.21. The Morgan fingerprint density at radius 1 is 1.00 bits per heavy atom. The fraction of sp³-hybridized carbons (Fsp3) is 0.647. The number of aryl methyl sites for hydroxylation is 1. The second-order valence-corrected chi connectivity index (χ2v) is 5.19. The van der Waals surface area contributed by atoms with E-state index in [1.54, 1.807) is 0 Å². The van der Waals surface area contributed by atoms with Crippen molar-refractivity contribution in [2.75, 3.05) is 6.61 Å². The molecule has 5 heteroatoms. The third kappa shape index (κ3) is 13.2. The molecule has 1 rings (SSSR count). The van der Waals surface area contributed by atoms with Gasteiger partial charge in [-0.3, -0.25) is 0 Å². The number of nitrogens with zero attached hydrogens (tertiary/aromatic N) is 1. The van der Waals surface area contributed by atoms with Gasteiger partial charge in [0.1, 0.15) is 5.75 Å². The van der Waals surface area contributed by atoms with Gasteiger partial charge in [-0.2, -0.15) is 0 Å². The SMILES string of the molecule is CCCCCCCCCc1ccc(OCC)cc1.O=[N+]([O-])O. The van der Waals surface area contributed by atoms with Gasteiger partial charge < -0.3 is 9.94 Å². The second kappa shape index (κ2) is 14.2. The molecule has 0 saturated heterocycles. The summed E-state index contributed by atoms with van der Waals surface area (Å²) in [5, 5.41) is 13.6. The van der Waals surface area contributed by atoms with Gasteiger partial charge in [0.25, 0.3) is 5.09 Å². The monoisotopic (exact) mass is 311 g/mol. The summed E-state index contributed by atoms with van der Waals surface area (Å²) < 4.78 is 5.44. The van der Waals surface area contributed by atoms with Crippen LogP contribution in [0.4, 0.5) is 0 Å². The van der Waals surface area contributed by atoms with E-state index in [0.717, 1.165) is 12.4 Å².